The highest BCUT2D eigenvalue weighted by atomic mass is 33.1. The van der Waals surface area contributed by atoms with Crippen LogP contribution in [0.25, 0.3) is 16.6 Å². The Morgan fingerprint density at radius 3 is 2.54 bits per heavy atom. The first-order chi connectivity index (χ1) is 30.3. The number of aliphatic hydroxyl groups is 1. The van der Waals surface area contributed by atoms with E-state index in [4.69, 9.17) is 5.73 Å². The number of hydrogen-bond donors (Lipinski definition) is 8. The van der Waals surface area contributed by atoms with Gasteiger partial charge in [-0.3, -0.25) is 33.6 Å². The van der Waals surface area contributed by atoms with Crippen LogP contribution in [-0.4, -0.2) is 134 Å². The number of imidazole rings is 1. The molecule has 3 aromatic heterocycles. The van der Waals surface area contributed by atoms with E-state index in [1.54, 1.807) is 16.9 Å². The molecule has 4 aromatic rings. The van der Waals surface area contributed by atoms with Crippen LogP contribution in [0.2, 0.25) is 0 Å². The van der Waals surface area contributed by atoms with Crippen LogP contribution in [0.1, 0.15) is 45.1 Å². The number of benzene rings is 1. The molecule has 9 N–H and O–H groups in total. The molecule has 6 unspecified atom stereocenters. The van der Waals surface area contributed by atoms with Crippen LogP contribution in [0.3, 0.4) is 0 Å². The number of amides is 7. The summed E-state index contributed by atoms with van der Waals surface area (Å²) in [6, 6.07) is 4.92. The van der Waals surface area contributed by atoms with Gasteiger partial charge in [-0.05, 0) is 57.2 Å². The molecule has 1 fully saturated rings. The minimum atomic E-state index is -1.67. The average Bonchev–Trinajstić information content (AvgIpc) is 3.89. The maximum Gasteiger partial charge on any atom is 0.307 e. The normalized spacial score (nSPS) is 22.4. The summed E-state index contributed by atoms with van der Waals surface area (Å²) >= 11 is 0. The van der Waals surface area contributed by atoms with Crippen molar-refractivity contribution in [1.82, 2.24) is 46.1 Å². The summed E-state index contributed by atoms with van der Waals surface area (Å²) in [5.41, 5.74) is 8.27. The number of primary amides is 1. The van der Waals surface area contributed by atoms with Crippen LogP contribution < -0.4 is 36.9 Å². The van der Waals surface area contributed by atoms with E-state index in [0.717, 1.165) is 22.1 Å². The number of fused-ring (bicyclic) bond motifs is 2. The second-order valence-electron chi connectivity index (χ2n) is 15.0. The summed E-state index contributed by atoms with van der Waals surface area (Å²) in [6.45, 7) is 1.94. The first-order valence-corrected chi connectivity index (χ1v) is 23.0. The summed E-state index contributed by atoms with van der Waals surface area (Å²) in [7, 11) is 2.46. The summed E-state index contributed by atoms with van der Waals surface area (Å²) < 4.78 is 3.73. The van der Waals surface area contributed by atoms with Gasteiger partial charge in [0.15, 0.2) is 6.20 Å². The molecule has 5 rings (SSSR count). The molecule has 22 heteroatoms. The fourth-order valence-corrected chi connectivity index (χ4v) is 9.19. The molecule has 7 amide bonds. The van der Waals surface area contributed by atoms with Crippen LogP contribution >= 0.6 is 21.6 Å². The Hall–Kier alpha value is -6.00. The number of aromatic amines is 1. The van der Waals surface area contributed by atoms with E-state index < -0.39 is 90.6 Å². The molecule has 4 heterocycles. The van der Waals surface area contributed by atoms with Gasteiger partial charge in [-0.1, -0.05) is 44.9 Å². The Labute approximate surface area is 371 Å². The third-order valence-electron chi connectivity index (χ3n) is 10.6. The number of nitrogens with two attached hydrogens (primary N) is 1. The van der Waals surface area contributed by atoms with Gasteiger partial charge in [-0.25, -0.2) is 4.57 Å². The van der Waals surface area contributed by atoms with Gasteiger partial charge in [0.2, 0.25) is 41.4 Å². The lowest BCUT2D eigenvalue weighted by molar-refractivity contribution is -0.671. The summed E-state index contributed by atoms with van der Waals surface area (Å²) in [6.07, 6.45) is 9.10. The Balaban J connectivity index is 1.33. The summed E-state index contributed by atoms with van der Waals surface area (Å²) in [4.78, 5) is 110. The van der Waals surface area contributed by atoms with Crippen molar-refractivity contribution in [2.24, 2.45) is 11.7 Å². The van der Waals surface area contributed by atoms with Gasteiger partial charge in [0.25, 0.3) is 0 Å². The Bertz CT molecular complexity index is 2270. The van der Waals surface area contributed by atoms with E-state index in [-0.39, 0.29) is 37.2 Å². The zero-order valence-corrected chi connectivity index (χ0v) is 36.6. The lowest BCUT2D eigenvalue weighted by Crippen LogP contribution is -2.60. The number of aromatic nitrogens is 4. The van der Waals surface area contributed by atoms with Crippen LogP contribution in [0.4, 0.5) is 0 Å². The fourth-order valence-electron chi connectivity index (χ4n) is 7.03. The molecule has 63 heavy (non-hydrogen) atoms. The van der Waals surface area contributed by atoms with Gasteiger partial charge in [0, 0.05) is 47.6 Å². The molecule has 1 aromatic carbocycles. The Kier molecular flexibility index (Phi) is 17.9. The molecule has 0 aliphatic carbocycles. The van der Waals surface area contributed by atoms with Crippen LogP contribution in [0.15, 0.2) is 61.2 Å². The maximum absolute atomic E-state index is 14.2. The van der Waals surface area contributed by atoms with Crippen molar-refractivity contribution in [3.05, 3.63) is 66.7 Å². The van der Waals surface area contributed by atoms with Gasteiger partial charge in [-0.2, -0.15) is 0 Å². The number of aryl methyl sites for hydroxylation is 1. The molecule has 0 bridgehead atoms. The minimum absolute atomic E-state index is 0.000961. The van der Waals surface area contributed by atoms with E-state index in [9.17, 15) is 43.5 Å². The monoisotopic (exact) mass is 908 g/mol. The van der Waals surface area contributed by atoms with Crippen molar-refractivity contribution < 1.29 is 48.0 Å². The lowest BCUT2D eigenvalue weighted by Gasteiger charge is -2.32. The lowest BCUT2D eigenvalue weighted by atomic mass is 10.0. The van der Waals surface area contributed by atoms with E-state index >= 15 is 0 Å². The molecule has 1 aliphatic rings. The number of carbonyl (C=O) groups is 8. The first kappa shape index (κ1) is 48.0. The predicted octanol–water partition coefficient (Wildman–Crippen LogP) is -1.11. The Morgan fingerprint density at radius 2 is 1.78 bits per heavy atom. The molecule has 0 spiro atoms. The van der Waals surface area contributed by atoms with Gasteiger partial charge in [-0.15, -0.1) is 4.52 Å². The van der Waals surface area contributed by atoms with E-state index in [2.05, 4.69) is 36.7 Å². The van der Waals surface area contributed by atoms with Gasteiger partial charge >= 0.3 is 5.65 Å². The highest BCUT2D eigenvalue weighted by Gasteiger charge is 2.35. The van der Waals surface area contributed by atoms with Crippen molar-refractivity contribution in [2.75, 3.05) is 31.2 Å². The molecular formula is C41H54N11O9S2+. The number of aldehydes is 1. The number of hydrogen-bond acceptors (Lipinski definition) is 12. The number of unbranched alkanes of at least 4 members (excludes halogenated alkanes) is 1. The standard InChI is InChI=1S/C41H53N11O9S2/c1-25-41(61)51(16-12-27-20-43-30-9-4-3-8-29(27)30)26(2)38(58)48-32(37(42)57)24-63-62-19-13-33(55)47-31(10-5-6-15-50-17-18-52-35(50)11-7-14-45-52)39(59)44-21-34(56)49-36(40(60)46-25)28(22-53)23-54/h3-4,7-9,11,14,17-18,20,22,25-26,28,31-32,36,43,54H,5-6,10,12-13,15-16,19,21,23-24H2,1-2H3,(H6-,42,44,46,47,48,49,55,56,57,58,59,60)/p+1. The van der Waals surface area contributed by atoms with E-state index in [1.165, 1.54) is 40.3 Å². The van der Waals surface area contributed by atoms with Crippen molar-refractivity contribution in [3.63, 3.8) is 0 Å². The quantitative estimate of drug-likeness (QED) is 0.0364. The summed E-state index contributed by atoms with van der Waals surface area (Å²) in [5, 5.41) is 27.9. The second kappa shape index (κ2) is 23.4. The second-order valence-corrected chi connectivity index (χ2v) is 17.7. The molecule has 0 saturated carbocycles. The molecular weight excluding hydrogens is 855 g/mol. The number of H-pyrrole nitrogens is 1. The number of aliphatic hydroxyl groups excluding tert-OH is 1. The van der Waals surface area contributed by atoms with Crippen LogP contribution in [0, 0.1) is 5.92 Å². The van der Waals surface area contributed by atoms with Crippen molar-refractivity contribution in [3.8, 4) is 0 Å². The highest BCUT2D eigenvalue weighted by molar-refractivity contribution is 8.76. The van der Waals surface area contributed by atoms with E-state index in [1.807, 2.05) is 53.4 Å². The molecule has 1 aliphatic heterocycles. The maximum atomic E-state index is 14.2. The summed E-state index contributed by atoms with van der Waals surface area (Å²) in [5.74, 6) is -6.34. The van der Waals surface area contributed by atoms with Crippen LogP contribution in [-0.2, 0) is 51.3 Å². The predicted molar refractivity (Wildman–Crippen MR) is 234 cm³/mol. The topological polar surface area (TPSA) is 283 Å². The molecule has 6 atom stereocenters. The molecule has 1 saturated heterocycles. The van der Waals surface area contributed by atoms with Crippen molar-refractivity contribution >= 4 is 85.8 Å². The van der Waals surface area contributed by atoms with Crippen molar-refractivity contribution in [2.45, 2.75) is 82.7 Å². The van der Waals surface area contributed by atoms with Gasteiger partial charge in [0.05, 0.1) is 31.8 Å². The first-order valence-electron chi connectivity index (χ1n) is 20.6. The minimum Gasteiger partial charge on any atom is -0.396 e. The fraction of sp³-hybridized carbons (Fsp3) is 0.463. The zero-order chi connectivity index (χ0) is 45.5. The third kappa shape index (κ3) is 13.3. The van der Waals surface area contributed by atoms with Crippen LogP contribution in [0.5, 0.6) is 0 Å². The number of nitrogens with zero attached hydrogens (tertiary/aromatic N) is 4. The van der Waals surface area contributed by atoms with Crippen molar-refractivity contribution in [1.29, 1.82) is 0 Å². The SMILES string of the molecule is CC1NC(=O)C(C(C=O)CO)NC(=O)CNC(=O)C(CCCC[n+]2ccn3ncccc32)NC(=O)CCSSCC(C(N)=O)NC(=O)C(C)N(CCc2c[nH]c3ccccc23)C1=O. The largest absolute Gasteiger partial charge is 0.396 e. The number of carbonyl (C=O) groups excluding carboxylic acids is 8. The average molecular weight is 909 g/mol. The van der Waals surface area contributed by atoms with Gasteiger partial charge < -0.3 is 52.1 Å². The Morgan fingerprint density at radius 1 is 0.984 bits per heavy atom. The number of para-hydroxylation sites is 1. The van der Waals surface area contributed by atoms with Gasteiger partial charge in [0.1, 0.15) is 42.7 Å². The van der Waals surface area contributed by atoms with E-state index in [0.29, 0.717) is 25.8 Å². The smallest absolute Gasteiger partial charge is 0.307 e. The molecule has 0 radical (unpaired) electrons. The highest BCUT2D eigenvalue weighted by Crippen LogP contribution is 2.23. The zero-order valence-electron chi connectivity index (χ0n) is 35.0. The molecule has 20 nitrogen and oxygen atoms in total. The molecule has 338 valence electrons. The number of rotatable bonds is 12. The third-order valence-corrected chi connectivity index (χ3v) is 13.0. The number of nitrogens with one attached hydrogen (secondary N) is 6.